The number of carboxylic acid groups (broad SMARTS) is 1. The molecule has 0 radical (unpaired) electrons. The average Bonchev–Trinajstić information content (AvgIpc) is 1.46. The maximum absolute atomic E-state index is 12.6. The lowest BCUT2D eigenvalue weighted by Gasteiger charge is -2.62. The molecule has 18 atom stereocenters. The highest BCUT2D eigenvalue weighted by atomic mass is 16.6. The molecule has 5 N–H and O–H groups in total. The molecule has 22 heteroatoms. The summed E-state index contributed by atoms with van der Waals surface area (Å²) in [6, 6.07) is 0. The number of carbonyl (C=O) groups is 9. The van der Waals surface area contributed by atoms with Crippen LogP contribution in [-0.2, 0) is 81.0 Å². The number of hydrogen-bond donors (Lipinski definition) is 5. The standard InChI is InChI=1S/C19H32O2.C18H30O2.C16H26O4.C15H24O4.2C13H18O4.C6H12O2/c1-6-17(2,3)16(20)21-18(4,5)19-10-13-7-14(11-19)9-15(8-13)12-19;1-5-12(2)16(19)20-17(3,4)18-9-13-6-14(10-18)8-15(7-13)11-18;1-4-13(2,3)12(17)20-16-7-11-5-14(18,9-16)8-15(19,6-11)10-16;1-3-10(2)12(16)19-15-6-11-4-13(17,8-15)7-14(18,5-11)9-15;2*1-3-6(2)12(14)16-10-7-4-8-9(5-7)13(15)17-11(8)10;1-4-6(2,3)5(7)8/h13-15H,6-12H2,1-5H3;12-15H,5-11H2,1-4H3;11,18-19H,4-10H2,1-3H3;10-11,17-18H,3-9H2,1-2H3;2*6-11H,3-5H2,1-2H3;4H2,1-3H3,(H,7,8). The Balaban J connectivity index is 0.000000132. The van der Waals surface area contributed by atoms with E-state index in [0.717, 1.165) is 138 Å². The summed E-state index contributed by atoms with van der Waals surface area (Å²) in [5, 5.41) is 50.9. The first-order valence-electron chi connectivity index (χ1n) is 48.5. The quantitative estimate of drug-likeness (QED) is 0.0496. The summed E-state index contributed by atoms with van der Waals surface area (Å²) in [6.07, 6.45) is 32.2. The molecular formula is C100H160O22. The Morgan fingerprint density at radius 1 is 0.369 bits per heavy atom. The zero-order valence-corrected chi connectivity index (χ0v) is 78.6. The zero-order chi connectivity index (χ0) is 89.8. The molecule has 20 aliphatic carbocycles. The summed E-state index contributed by atoms with van der Waals surface area (Å²) < 4.78 is 45.6. The topological polar surface area (TPSA) is 329 Å². The molecule has 2 aliphatic heterocycles. The van der Waals surface area contributed by atoms with Crippen molar-refractivity contribution in [3.8, 4) is 0 Å². The lowest BCUT2D eigenvalue weighted by Crippen LogP contribution is -2.67. The molecule has 18 unspecified atom stereocenters. The molecule has 0 aromatic carbocycles. The zero-order valence-electron chi connectivity index (χ0n) is 78.6. The van der Waals surface area contributed by atoms with Gasteiger partial charge in [0.25, 0.3) is 0 Å². The van der Waals surface area contributed by atoms with Gasteiger partial charge in [-0.05, 0) is 303 Å². The molecule has 20 saturated carbocycles. The van der Waals surface area contributed by atoms with Crippen LogP contribution in [0, 0.1) is 134 Å². The SMILES string of the molecule is CCC(C)(C)C(=O)O.CCC(C)(C)C(=O)OC(C)(C)C12CC3CC(CC(C3)C1)C2.CCC(C)(C)C(=O)OC12CC3CC(O)(CC(O)(C3)C1)C2.CCC(C)C(=O)OC(C)(C)C12CC3CC(CC(C3)C1)C2.CCC(C)C(=O)OC12CC3CC(O)(CC(O)(C3)C1)C2.CCC(C)C(=O)OC1C2CC3C(=O)OC1C3C2.CCC(C)C(=O)OC1C2CC3C(=O)OC1C3C2. The van der Waals surface area contributed by atoms with E-state index >= 15 is 0 Å². The predicted molar refractivity (Wildman–Crippen MR) is 458 cm³/mol. The number of ether oxygens (including phenoxy) is 8. The Morgan fingerprint density at radius 3 is 0.975 bits per heavy atom. The van der Waals surface area contributed by atoms with Crippen LogP contribution in [0.3, 0.4) is 0 Å². The molecule has 0 amide bonds. The number of fused-ring (bicyclic) bond motifs is 2. The first kappa shape index (κ1) is 96.2. The van der Waals surface area contributed by atoms with Gasteiger partial charge in [-0.3, -0.25) is 43.2 Å². The second-order valence-corrected chi connectivity index (χ2v) is 47.2. The van der Waals surface area contributed by atoms with Crippen molar-refractivity contribution < 1.29 is 107 Å². The number of esters is 8. The van der Waals surface area contributed by atoms with E-state index in [4.69, 9.17) is 43.0 Å². The Morgan fingerprint density at radius 2 is 0.672 bits per heavy atom. The van der Waals surface area contributed by atoms with Crippen molar-refractivity contribution in [1.82, 2.24) is 0 Å². The molecule has 692 valence electrons. The molecule has 22 aliphatic rings. The van der Waals surface area contributed by atoms with Crippen LogP contribution in [0.4, 0.5) is 0 Å². The van der Waals surface area contributed by atoms with Gasteiger partial charge in [-0.15, -0.1) is 0 Å². The lowest BCUT2D eigenvalue weighted by atomic mass is 9.46. The Hall–Kier alpha value is -4.93. The molecule has 22 fully saturated rings. The van der Waals surface area contributed by atoms with Gasteiger partial charge in [0.05, 0.1) is 74.2 Å². The van der Waals surface area contributed by atoms with Crippen molar-refractivity contribution in [3.63, 3.8) is 0 Å². The fourth-order valence-corrected chi connectivity index (χ4v) is 27.7. The highest BCUT2D eigenvalue weighted by molar-refractivity contribution is 5.80. The third kappa shape index (κ3) is 19.6. The van der Waals surface area contributed by atoms with E-state index in [1.165, 1.54) is 77.0 Å². The van der Waals surface area contributed by atoms with E-state index in [9.17, 15) is 63.6 Å². The molecule has 0 aromatic heterocycles. The van der Waals surface area contributed by atoms with Gasteiger partial charge in [-0.25, -0.2) is 0 Å². The summed E-state index contributed by atoms with van der Waals surface area (Å²) in [5.74, 6) is 5.66. The van der Waals surface area contributed by atoms with Crippen LogP contribution >= 0.6 is 0 Å². The van der Waals surface area contributed by atoms with Crippen LogP contribution in [-0.4, -0.2) is 148 Å². The second-order valence-electron chi connectivity index (χ2n) is 47.2. The van der Waals surface area contributed by atoms with Crippen LogP contribution < -0.4 is 0 Å². The highest BCUT2D eigenvalue weighted by Gasteiger charge is 2.69. The van der Waals surface area contributed by atoms with Crippen molar-refractivity contribution in [1.29, 1.82) is 0 Å². The summed E-state index contributed by atoms with van der Waals surface area (Å²) in [7, 11) is 0. The van der Waals surface area contributed by atoms with Crippen LogP contribution in [0.1, 0.15) is 370 Å². The maximum atomic E-state index is 12.6. The van der Waals surface area contributed by atoms with Gasteiger partial charge in [-0.2, -0.15) is 0 Å². The largest absolute Gasteiger partial charge is 0.481 e. The molecule has 0 spiro atoms. The fraction of sp³-hybridized carbons (Fsp3) is 0.910. The van der Waals surface area contributed by atoms with E-state index < -0.39 is 50.4 Å². The van der Waals surface area contributed by atoms with Crippen molar-refractivity contribution in [2.45, 2.75) is 439 Å². The first-order valence-corrected chi connectivity index (χ1v) is 48.5. The average molecular weight is 1710 g/mol. The predicted octanol–water partition coefficient (Wildman–Crippen LogP) is 18.0. The number of rotatable bonds is 22. The van der Waals surface area contributed by atoms with Crippen molar-refractivity contribution >= 4 is 53.7 Å². The van der Waals surface area contributed by atoms with E-state index in [2.05, 4.69) is 41.5 Å². The molecular weight excluding hydrogens is 1550 g/mol. The van der Waals surface area contributed by atoms with E-state index in [1.54, 1.807) is 13.8 Å². The normalized spacial score (nSPS) is 41.5. The van der Waals surface area contributed by atoms with Gasteiger partial charge in [0.2, 0.25) is 0 Å². The van der Waals surface area contributed by atoms with Crippen LogP contribution in [0.25, 0.3) is 0 Å². The Labute approximate surface area is 729 Å². The summed E-state index contributed by atoms with van der Waals surface area (Å²) in [4.78, 5) is 106. The van der Waals surface area contributed by atoms with Crippen LogP contribution in [0.15, 0.2) is 0 Å². The Kier molecular flexibility index (Phi) is 27.7. The lowest BCUT2D eigenvalue weighted by molar-refractivity contribution is -0.265. The summed E-state index contributed by atoms with van der Waals surface area (Å²) in [6.45, 7) is 41.4. The summed E-state index contributed by atoms with van der Waals surface area (Å²) >= 11 is 0. The number of carbonyl (C=O) groups excluding carboxylic acids is 8. The fourth-order valence-electron chi connectivity index (χ4n) is 27.7. The number of carboxylic acids is 1. The van der Waals surface area contributed by atoms with E-state index in [1.807, 2.05) is 90.0 Å². The molecule has 20 bridgehead atoms. The first-order chi connectivity index (χ1) is 56.6. The summed E-state index contributed by atoms with van der Waals surface area (Å²) in [5.41, 5.74) is -6.10. The maximum Gasteiger partial charge on any atom is 0.312 e. The molecule has 122 heavy (non-hydrogen) atoms. The molecule has 22 nitrogen and oxygen atoms in total. The molecule has 0 aromatic rings. The van der Waals surface area contributed by atoms with Gasteiger partial charge in [-0.1, -0.05) is 76.2 Å². The van der Waals surface area contributed by atoms with E-state index in [-0.39, 0.29) is 147 Å². The van der Waals surface area contributed by atoms with Gasteiger partial charge in [0.15, 0.2) is 0 Å². The minimum atomic E-state index is -0.842. The van der Waals surface area contributed by atoms with Crippen molar-refractivity contribution in [3.05, 3.63) is 0 Å². The van der Waals surface area contributed by atoms with Crippen molar-refractivity contribution in [2.24, 2.45) is 134 Å². The van der Waals surface area contributed by atoms with Crippen LogP contribution in [0.5, 0.6) is 0 Å². The highest BCUT2D eigenvalue weighted by Crippen LogP contribution is 2.68. The molecule has 2 heterocycles. The minimum absolute atomic E-state index is 0.00763. The van der Waals surface area contributed by atoms with Crippen molar-refractivity contribution in [2.75, 3.05) is 0 Å². The Bertz CT molecular complexity index is 3650. The minimum Gasteiger partial charge on any atom is -0.481 e. The monoisotopic (exact) mass is 1710 g/mol. The number of hydrogen-bond acceptors (Lipinski definition) is 21. The molecule has 22 rings (SSSR count). The number of aliphatic carboxylic acids is 1. The van der Waals surface area contributed by atoms with Gasteiger partial charge in [0.1, 0.15) is 46.8 Å². The smallest absolute Gasteiger partial charge is 0.312 e. The third-order valence-corrected chi connectivity index (χ3v) is 35.6. The van der Waals surface area contributed by atoms with Gasteiger partial charge in [0, 0.05) is 73.0 Å². The number of aliphatic hydroxyl groups is 4. The van der Waals surface area contributed by atoms with Gasteiger partial charge < -0.3 is 63.4 Å². The molecule has 2 saturated heterocycles. The van der Waals surface area contributed by atoms with E-state index in [0.29, 0.717) is 68.6 Å². The third-order valence-electron chi connectivity index (χ3n) is 35.6. The van der Waals surface area contributed by atoms with Crippen LogP contribution in [0.2, 0.25) is 0 Å². The van der Waals surface area contributed by atoms with Gasteiger partial charge >= 0.3 is 53.7 Å². The second kappa shape index (κ2) is 35.2.